The van der Waals surface area contributed by atoms with Crippen LogP contribution in [0.1, 0.15) is 25.0 Å². The number of aryl methyl sites for hydroxylation is 1. The van der Waals surface area contributed by atoms with Crippen LogP contribution >= 0.6 is 0 Å². The van der Waals surface area contributed by atoms with Gasteiger partial charge in [0.1, 0.15) is 5.82 Å². The molecule has 246 valence electrons. The zero-order valence-electron chi connectivity index (χ0n) is 28.9. The van der Waals surface area contributed by atoms with E-state index >= 15 is 4.39 Å². The number of nitrogens with zero attached hydrogens (tertiary/aromatic N) is 2. The van der Waals surface area contributed by atoms with Gasteiger partial charge in [-0.25, -0.2) is 4.39 Å². The quantitative estimate of drug-likeness (QED) is 0.172. The number of hydrogen-bond donors (Lipinski definition) is 0. The first-order valence-corrected chi connectivity index (χ1v) is 17.5. The first kappa shape index (κ1) is 30.8. The molecule has 51 heavy (non-hydrogen) atoms. The van der Waals surface area contributed by atoms with Crippen LogP contribution in [0.5, 0.6) is 0 Å². The number of halogens is 1. The van der Waals surface area contributed by atoms with E-state index in [1.54, 1.807) is 6.07 Å². The van der Waals surface area contributed by atoms with Crippen LogP contribution in [0.4, 0.5) is 21.5 Å². The van der Waals surface area contributed by atoms with Gasteiger partial charge in [0.2, 0.25) is 0 Å². The van der Waals surface area contributed by atoms with Crippen LogP contribution < -0.4 is 4.90 Å². The molecule has 2 nitrogen and oxygen atoms in total. The van der Waals surface area contributed by atoms with E-state index in [0.717, 1.165) is 44.8 Å². The highest BCUT2D eigenvalue weighted by Crippen LogP contribution is 2.51. The Bertz CT molecular complexity index is 2560. The standard InChI is InChI=1S/C48H37FN2/c1-48(2)42-18-10-7-15-38(42)39-30-29-37(31-43(39)48)51(35-25-21-33(22-26-35)32-13-5-4-6-14-32)36-27-23-34(24-28-36)46-41-17-9-12-20-45(41)50(3)47(46)40-16-8-11-19-44(40)49/h4-31H,1-3H3. The number of para-hydroxylation sites is 1. The van der Waals surface area contributed by atoms with Gasteiger partial charge in [-0.05, 0) is 93.5 Å². The molecule has 0 saturated heterocycles. The Labute approximate surface area is 298 Å². The van der Waals surface area contributed by atoms with Crippen LogP contribution in [0.2, 0.25) is 0 Å². The highest BCUT2D eigenvalue weighted by Gasteiger charge is 2.35. The molecule has 3 heteroatoms. The molecular formula is C48H37FN2. The third kappa shape index (κ3) is 5.00. The Morgan fingerprint density at radius 1 is 0.490 bits per heavy atom. The van der Waals surface area contributed by atoms with E-state index in [9.17, 15) is 0 Å². The Kier molecular flexibility index (Phi) is 7.25. The van der Waals surface area contributed by atoms with E-state index in [0.29, 0.717) is 5.56 Å². The lowest BCUT2D eigenvalue weighted by molar-refractivity contribution is 0.630. The summed E-state index contributed by atoms with van der Waals surface area (Å²) in [5.74, 6) is -0.229. The number of hydrogen-bond acceptors (Lipinski definition) is 1. The molecule has 0 unspecified atom stereocenters. The van der Waals surface area contributed by atoms with E-state index in [2.05, 4.69) is 163 Å². The highest BCUT2D eigenvalue weighted by molar-refractivity contribution is 6.05. The fraction of sp³-hybridized carbons (Fsp3) is 0.0833. The average molecular weight is 661 g/mol. The van der Waals surface area contributed by atoms with Crippen molar-refractivity contribution in [2.45, 2.75) is 19.3 Å². The molecule has 7 aromatic carbocycles. The number of rotatable bonds is 6. The Morgan fingerprint density at radius 2 is 1.04 bits per heavy atom. The summed E-state index contributed by atoms with van der Waals surface area (Å²) in [6.07, 6.45) is 0. The second kappa shape index (κ2) is 12.0. The van der Waals surface area contributed by atoms with Crippen molar-refractivity contribution < 1.29 is 4.39 Å². The Balaban J connectivity index is 1.19. The summed E-state index contributed by atoms with van der Waals surface area (Å²) >= 11 is 0. The average Bonchev–Trinajstić information content (AvgIpc) is 3.59. The van der Waals surface area contributed by atoms with Crippen LogP contribution in [0.25, 0.3) is 55.5 Å². The third-order valence-corrected chi connectivity index (χ3v) is 10.7. The molecule has 8 aromatic rings. The lowest BCUT2D eigenvalue weighted by Crippen LogP contribution is -2.16. The maximum Gasteiger partial charge on any atom is 0.132 e. The van der Waals surface area contributed by atoms with E-state index in [-0.39, 0.29) is 11.2 Å². The molecule has 0 aliphatic heterocycles. The van der Waals surface area contributed by atoms with E-state index < -0.39 is 0 Å². The van der Waals surface area contributed by atoms with Gasteiger partial charge in [0.15, 0.2) is 0 Å². The molecule has 0 bridgehead atoms. The van der Waals surface area contributed by atoms with Crippen LogP contribution in [-0.2, 0) is 12.5 Å². The van der Waals surface area contributed by atoms with Crippen LogP contribution in [0.15, 0.2) is 170 Å². The first-order valence-electron chi connectivity index (χ1n) is 17.5. The van der Waals surface area contributed by atoms with Gasteiger partial charge in [-0.3, -0.25) is 0 Å². The number of anilines is 3. The van der Waals surface area contributed by atoms with Crippen LogP contribution in [0.3, 0.4) is 0 Å². The number of benzene rings is 7. The van der Waals surface area contributed by atoms with Crippen molar-refractivity contribution in [1.82, 2.24) is 4.57 Å². The zero-order valence-corrected chi connectivity index (χ0v) is 28.9. The molecule has 0 saturated carbocycles. The molecule has 1 heterocycles. The molecule has 0 spiro atoms. The monoisotopic (exact) mass is 660 g/mol. The van der Waals surface area contributed by atoms with Gasteiger partial charge in [0.25, 0.3) is 0 Å². The summed E-state index contributed by atoms with van der Waals surface area (Å²) in [7, 11) is 2.02. The molecule has 9 rings (SSSR count). The predicted octanol–water partition coefficient (Wildman–Crippen LogP) is 13.1. The predicted molar refractivity (Wildman–Crippen MR) is 211 cm³/mol. The fourth-order valence-corrected chi connectivity index (χ4v) is 8.14. The topological polar surface area (TPSA) is 8.17 Å². The normalized spacial score (nSPS) is 12.9. The summed E-state index contributed by atoms with van der Waals surface area (Å²) in [6, 6.07) is 59.2. The van der Waals surface area contributed by atoms with Gasteiger partial charge in [-0.15, -0.1) is 0 Å². The third-order valence-electron chi connectivity index (χ3n) is 10.7. The highest BCUT2D eigenvalue weighted by atomic mass is 19.1. The lowest BCUT2D eigenvalue weighted by atomic mass is 9.82. The molecule has 0 N–H and O–H groups in total. The molecular weight excluding hydrogens is 624 g/mol. The molecule has 0 fully saturated rings. The Morgan fingerprint density at radius 3 is 1.76 bits per heavy atom. The minimum absolute atomic E-state index is 0.119. The van der Waals surface area contributed by atoms with Crippen molar-refractivity contribution in [1.29, 1.82) is 0 Å². The van der Waals surface area contributed by atoms with Crippen molar-refractivity contribution in [3.63, 3.8) is 0 Å². The molecule has 1 aliphatic carbocycles. The van der Waals surface area contributed by atoms with Gasteiger partial charge in [-0.2, -0.15) is 0 Å². The lowest BCUT2D eigenvalue weighted by Gasteiger charge is -2.28. The molecule has 0 atom stereocenters. The van der Waals surface area contributed by atoms with Crippen molar-refractivity contribution in [2.75, 3.05) is 4.90 Å². The van der Waals surface area contributed by atoms with E-state index in [1.165, 1.54) is 39.4 Å². The van der Waals surface area contributed by atoms with Crippen LogP contribution in [0, 0.1) is 5.82 Å². The fourth-order valence-electron chi connectivity index (χ4n) is 8.14. The molecule has 1 aliphatic rings. The van der Waals surface area contributed by atoms with Crippen molar-refractivity contribution >= 4 is 28.0 Å². The summed E-state index contributed by atoms with van der Waals surface area (Å²) in [6.45, 7) is 4.65. The summed E-state index contributed by atoms with van der Waals surface area (Å²) in [4.78, 5) is 2.35. The van der Waals surface area contributed by atoms with Crippen molar-refractivity contribution in [3.05, 3.63) is 187 Å². The van der Waals surface area contributed by atoms with E-state index in [1.807, 2.05) is 25.2 Å². The molecule has 0 radical (unpaired) electrons. The van der Waals surface area contributed by atoms with Gasteiger partial charge >= 0.3 is 0 Å². The van der Waals surface area contributed by atoms with Crippen LogP contribution in [-0.4, -0.2) is 4.57 Å². The first-order chi connectivity index (χ1) is 24.9. The summed E-state index contributed by atoms with van der Waals surface area (Å²) in [5.41, 5.74) is 15.4. The maximum atomic E-state index is 15.4. The van der Waals surface area contributed by atoms with E-state index in [4.69, 9.17) is 0 Å². The Hall–Kier alpha value is -6.19. The maximum absolute atomic E-state index is 15.4. The molecule has 0 amide bonds. The SMILES string of the molecule is Cn1c(-c2ccccc2F)c(-c2ccc(N(c3ccc(-c4ccccc4)cc3)c3ccc4c(c3)C(C)(C)c3ccccc3-4)cc2)c2ccccc21. The smallest absolute Gasteiger partial charge is 0.132 e. The number of aromatic nitrogens is 1. The van der Waals surface area contributed by atoms with Gasteiger partial charge in [0.05, 0.1) is 5.69 Å². The van der Waals surface area contributed by atoms with Crippen molar-refractivity contribution in [3.8, 4) is 44.6 Å². The minimum Gasteiger partial charge on any atom is -0.343 e. The molecule has 1 aromatic heterocycles. The second-order valence-electron chi connectivity index (χ2n) is 14.0. The second-order valence-corrected chi connectivity index (χ2v) is 14.0. The largest absolute Gasteiger partial charge is 0.343 e. The zero-order chi connectivity index (χ0) is 34.7. The van der Waals surface area contributed by atoms with Gasteiger partial charge < -0.3 is 9.47 Å². The van der Waals surface area contributed by atoms with Crippen molar-refractivity contribution in [2.24, 2.45) is 7.05 Å². The number of fused-ring (bicyclic) bond motifs is 4. The summed E-state index contributed by atoms with van der Waals surface area (Å²) < 4.78 is 17.5. The van der Waals surface area contributed by atoms with Gasteiger partial charge in [-0.1, -0.05) is 129 Å². The summed E-state index contributed by atoms with van der Waals surface area (Å²) in [5, 5.41) is 1.10. The van der Waals surface area contributed by atoms with Gasteiger partial charge in [0, 0.05) is 51.6 Å². The minimum atomic E-state index is -0.229.